The summed E-state index contributed by atoms with van der Waals surface area (Å²) in [6, 6.07) is 26.7. The smallest absolute Gasteiger partial charge is 0.236 e. The third-order valence-electron chi connectivity index (χ3n) is 6.85. The van der Waals surface area contributed by atoms with E-state index >= 15 is 0 Å². The summed E-state index contributed by atoms with van der Waals surface area (Å²) in [6.07, 6.45) is 0.667. The van der Waals surface area contributed by atoms with E-state index in [2.05, 4.69) is 72.0 Å². The van der Waals surface area contributed by atoms with Crippen molar-refractivity contribution in [2.75, 3.05) is 27.2 Å². The number of carbonyl (C=O) groups is 1. The van der Waals surface area contributed by atoms with Gasteiger partial charge in [0.05, 0.1) is 10.8 Å². The molecule has 0 radical (unpaired) electrons. The Morgan fingerprint density at radius 3 is 2.38 bits per heavy atom. The minimum atomic E-state index is -0.311. The highest BCUT2D eigenvalue weighted by molar-refractivity contribution is 9.10. The molecule has 9 heteroatoms. The van der Waals surface area contributed by atoms with Gasteiger partial charge >= 0.3 is 0 Å². The summed E-state index contributed by atoms with van der Waals surface area (Å²) in [5, 5.41) is 10.3. The molecular weight excluding hydrogens is 584 g/mol. The molecule has 5 rings (SSSR count). The second kappa shape index (κ2) is 12.9. The molecular formula is C31H33BrN6OS. The second-order valence-electron chi connectivity index (χ2n) is 10.1. The second-order valence-corrected chi connectivity index (χ2v) is 12.1. The summed E-state index contributed by atoms with van der Waals surface area (Å²) >= 11 is 4.93. The summed E-state index contributed by atoms with van der Waals surface area (Å²) in [6.45, 7) is 4.71. The van der Waals surface area contributed by atoms with Gasteiger partial charge in [-0.2, -0.15) is 0 Å². The van der Waals surface area contributed by atoms with E-state index in [4.69, 9.17) is 4.98 Å². The van der Waals surface area contributed by atoms with Crippen LogP contribution >= 0.6 is 27.7 Å². The Hall–Kier alpha value is -3.27. The van der Waals surface area contributed by atoms with Gasteiger partial charge in [-0.15, -0.1) is 10.2 Å². The molecule has 40 heavy (non-hydrogen) atoms. The first-order valence-electron chi connectivity index (χ1n) is 13.4. The van der Waals surface area contributed by atoms with E-state index in [0.717, 1.165) is 44.2 Å². The van der Waals surface area contributed by atoms with Gasteiger partial charge in [-0.25, -0.2) is 4.98 Å². The van der Waals surface area contributed by atoms with Gasteiger partial charge in [-0.3, -0.25) is 4.79 Å². The van der Waals surface area contributed by atoms with Gasteiger partial charge in [0.1, 0.15) is 5.52 Å². The number of para-hydroxylation sites is 1. The maximum atomic E-state index is 13.8. The van der Waals surface area contributed by atoms with Gasteiger partial charge in [0.2, 0.25) is 11.1 Å². The molecule has 5 aromatic rings. The van der Waals surface area contributed by atoms with Crippen LogP contribution in [0.25, 0.3) is 22.1 Å². The summed E-state index contributed by atoms with van der Waals surface area (Å²) in [5.41, 5.74) is 4.89. The van der Waals surface area contributed by atoms with E-state index in [1.165, 1.54) is 11.8 Å². The van der Waals surface area contributed by atoms with E-state index in [9.17, 15) is 4.79 Å². The first kappa shape index (κ1) is 28.3. The molecule has 0 aliphatic rings. The molecule has 0 spiro atoms. The molecule has 3 aromatic carbocycles. The van der Waals surface area contributed by atoms with Crippen molar-refractivity contribution in [3.05, 3.63) is 94.5 Å². The Morgan fingerprint density at radius 1 is 0.925 bits per heavy atom. The van der Waals surface area contributed by atoms with Crippen LogP contribution in [0.15, 0.2) is 88.5 Å². The number of fused-ring (bicyclic) bond motifs is 3. The normalized spacial score (nSPS) is 12.3. The van der Waals surface area contributed by atoms with Crippen molar-refractivity contribution < 1.29 is 4.79 Å². The first-order valence-corrected chi connectivity index (χ1v) is 15.1. The molecule has 0 saturated heterocycles. The highest BCUT2D eigenvalue weighted by Gasteiger charge is 2.26. The van der Waals surface area contributed by atoms with Crippen molar-refractivity contribution in [1.29, 1.82) is 0 Å². The van der Waals surface area contributed by atoms with Gasteiger partial charge in [0.25, 0.3) is 0 Å². The number of amides is 1. The van der Waals surface area contributed by atoms with Crippen molar-refractivity contribution in [3.63, 3.8) is 0 Å². The molecule has 0 fully saturated rings. The fourth-order valence-corrected chi connectivity index (χ4v) is 5.87. The summed E-state index contributed by atoms with van der Waals surface area (Å²) in [5.74, 6) is 0.0947. The first-order chi connectivity index (χ1) is 19.4. The molecule has 2 aromatic heterocycles. The SMILES string of the molecule is CCC(Sc1nnc2c3ccccc3n(Cc3ccc(Br)cc3)c2n1)C(=O)N(CCN(C)C)Cc1ccccc1. The minimum Gasteiger partial charge on any atom is -0.336 e. The Kier molecular flexibility index (Phi) is 9.14. The molecule has 1 amide bonds. The summed E-state index contributed by atoms with van der Waals surface area (Å²) in [7, 11) is 4.05. The lowest BCUT2D eigenvalue weighted by Crippen LogP contribution is -2.41. The Morgan fingerprint density at radius 2 is 1.65 bits per heavy atom. The maximum Gasteiger partial charge on any atom is 0.236 e. The lowest BCUT2D eigenvalue weighted by atomic mass is 10.2. The van der Waals surface area contributed by atoms with Crippen LogP contribution in [0.5, 0.6) is 0 Å². The van der Waals surface area contributed by atoms with E-state index in [1.807, 2.05) is 68.4 Å². The largest absolute Gasteiger partial charge is 0.336 e. The van der Waals surface area contributed by atoms with Crippen LogP contribution in [0.2, 0.25) is 0 Å². The number of hydrogen-bond acceptors (Lipinski definition) is 6. The van der Waals surface area contributed by atoms with Crippen LogP contribution in [0.3, 0.4) is 0 Å². The van der Waals surface area contributed by atoms with Crippen molar-refractivity contribution in [2.45, 2.75) is 36.8 Å². The average molecular weight is 618 g/mol. The molecule has 0 N–H and O–H groups in total. The van der Waals surface area contributed by atoms with Gasteiger partial charge in [0.15, 0.2) is 5.65 Å². The zero-order valence-corrected chi connectivity index (χ0v) is 25.4. The minimum absolute atomic E-state index is 0.0947. The van der Waals surface area contributed by atoms with Gasteiger partial charge in [-0.05, 0) is 49.8 Å². The molecule has 7 nitrogen and oxygen atoms in total. The Labute approximate surface area is 247 Å². The third kappa shape index (κ3) is 6.54. The quantitative estimate of drug-likeness (QED) is 0.163. The van der Waals surface area contributed by atoms with E-state index in [1.54, 1.807) is 0 Å². The third-order valence-corrected chi connectivity index (χ3v) is 8.58. The number of nitrogens with zero attached hydrogens (tertiary/aromatic N) is 6. The Bertz CT molecular complexity index is 1590. The zero-order valence-electron chi connectivity index (χ0n) is 23.0. The van der Waals surface area contributed by atoms with Gasteiger partial charge in [0, 0.05) is 36.0 Å². The Balaban J connectivity index is 1.45. The number of hydrogen-bond donors (Lipinski definition) is 0. The number of rotatable bonds is 11. The molecule has 1 atom stereocenters. The predicted molar refractivity (Wildman–Crippen MR) is 166 cm³/mol. The number of aromatic nitrogens is 4. The fourth-order valence-electron chi connectivity index (χ4n) is 4.70. The van der Waals surface area contributed by atoms with Crippen LogP contribution < -0.4 is 0 Å². The van der Waals surface area contributed by atoms with Crippen LogP contribution in [0, 0.1) is 0 Å². The molecule has 0 aliphatic carbocycles. The lowest BCUT2D eigenvalue weighted by molar-refractivity contribution is -0.131. The molecule has 0 aliphatic heterocycles. The highest BCUT2D eigenvalue weighted by Crippen LogP contribution is 2.30. The fraction of sp³-hybridized carbons (Fsp3) is 0.290. The van der Waals surface area contributed by atoms with Gasteiger partial charge < -0.3 is 14.4 Å². The predicted octanol–water partition coefficient (Wildman–Crippen LogP) is 6.25. The monoisotopic (exact) mass is 616 g/mol. The van der Waals surface area contributed by atoms with Gasteiger partial charge in [-0.1, -0.05) is 95.3 Å². The molecule has 1 unspecified atom stereocenters. The number of carbonyl (C=O) groups excluding carboxylic acids is 1. The van der Waals surface area contributed by atoms with E-state index in [-0.39, 0.29) is 11.2 Å². The van der Waals surface area contributed by atoms with Crippen molar-refractivity contribution in [3.8, 4) is 0 Å². The topological polar surface area (TPSA) is 67.2 Å². The standard InChI is InChI=1S/C31H33BrN6OS/c1-4-27(30(39)37(19-18-36(2)3)20-22-10-6-5-7-11-22)40-31-33-29-28(34-35-31)25-12-8-9-13-26(25)38(29)21-23-14-16-24(32)17-15-23/h5-17,27H,4,18-21H2,1-3H3. The zero-order chi connectivity index (χ0) is 28.1. The average Bonchev–Trinajstić information content (AvgIpc) is 3.28. The number of halogens is 1. The number of benzene rings is 3. The van der Waals surface area contributed by atoms with Crippen LogP contribution in [0.4, 0.5) is 0 Å². The lowest BCUT2D eigenvalue weighted by Gasteiger charge is -2.28. The maximum absolute atomic E-state index is 13.8. The summed E-state index contributed by atoms with van der Waals surface area (Å²) < 4.78 is 3.23. The summed E-state index contributed by atoms with van der Waals surface area (Å²) in [4.78, 5) is 22.9. The molecule has 2 heterocycles. The van der Waals surface area contributed by atoms with Crippen LogP contribution in [-0.4, -0.2) is 67.9 Å². The van der Waals surface area contributed by atoms with Crippen molar-refractivity contribution in [2.24, 2.45) is 0 Å². The van der Waals surface area contributed by atoms with Crippen LogP contribution in [-0.2, 0) is 17.9 Å². The molecule has 0 bridgehead atoms. The van der Waals surface area contributed by atoms with E-state index < -0.39 is 0 Å². The highest BCUT2D eigenvalue weighted by atomic mass is 79.9. The molecule has 206 valence electrons. The van der Waals surface area contributed by atoms with Crippen molar-refractivity contribution >= 4 is 55.7 Å². The van der Waals surface area contributed by atoms with Crippen molar-refractivity contribution in [1.82, 2.24) is 29.5 Å². The molecule has 0 saturated carbocycles. The van der Waals surface area contributed by atoms with Crippen LogP contribution in [0.1, 0.15) is 24.5 Å². The number of likely N-dealkylation sites (N-methyl/N-ethyl adjacent to an activating group) is 1. The number of thioether (sulfide) groups is 1. The van der Waals surface area contributed by atoms with E-state index in [0.29, 0.717) is 31.2 Å².